The van der Waals surface area contributed by atoms with Crippen LogP contribution in [0.5, 0.6) is 0 Å². The fraction of sp³-hybridized carbons (Fsp3) is 0.818. The van der Waals surface area contributed by atoms with Gasteiger partial charge in [-0.3, -0.25) is 0 Å². The van der Waals surface area contributed by atoms with Crippen LogP contribution in [0.1, 0.15) is 51.4 Å². The van der Waals surface area contributed by atoms with Gasteiger partial charge in [-0.15, -0.1) is 0 Å². The van der Waals surface area contributed by atoms with E-state index >= 15 is 0 Å². The van der Waals surface area contributed by atoms with Crippen molar-refractivity contribution in [1.29, 1.82) is 0 Å². The molecule has 1 nitrogen and oxygen atoms in total. The Bertz CT molecular complexity index is 88.7. The van der Waals surface area contributed by atoms with E-state index in [-0.39, 0.29) is 23.7 Å². The molecule has 13 heavy (non-hydrogen) atoms. The number of aliphatic hydroxyl groups excluding tert-OH is 1. The first-order valence-electron chi connectivity index (χ1n) is 5.22. The van der Waals surface area contributed by atoms with Crippen LogP contribution in [0.4, 0.5) is 0 Å². The van der Waals surface area contributed by atoms with Gasteiger partial charge in [0.25, 0.3) is 0 Å². The largest absolute Gasteiger partial charge is 0.396 e. The summed E-state index contributed by atoms with van der Waals surface area (Å²) in [7, 11) is 0. The van der Waals surface area contributed by atoms with Crippen molar-refractivity contribution in [3.05, 3.63) is 12.3 Å². The standard InChI is InChI=1S/C6H10O.C5H10.Fe/c7-5-6-3-1-2-4-6;1-2-4-5-3-1;/h3,7H,1-2,4-5H2;1-5H2;. The van der Waals surface area contributed by atoms with Gasteiger partial charge < -0.3 is 5.11 Å². The summed E-state index contributed by atoms with van der Waals surface area (Å²) in [5, 5.41) is 8.50. The van der Waals surface area contributed by atoms with Crippen molar-refractivity contribution in [2.24, 2.45) is 0 Å². The summed E-state index contributed by atoms with van der Waals surface area (Å²) in [5.74, 6) is 1.22. The fourth-order valence-electron chi connectivity index (χ4n) is 1.76. The average Bonchev–Trinajstić information content (AvgIpc) is 2.81. The molecule has 2 aliphatic rings. The van der Waals surface area contributed by atoms with Gasteiger partial charge in [0.05, 0.1) is 0 Å². The van der Waals surface area contributed by atoms with Crippen molar-refractivity contribution in [3.8, 4) is 0 Å². The van der Waals surface area contributed by atoms with E-state index in [2.05, 4.69) is 6.42 Å². The first kappa shape index (κ1) is 13.5. The van der Waals surface area contributed by atoms with Crippen LogP contribution in [0.15, 0.2) is 0 Å². The first-order valence-corrected chi connectivity index (χ1v) is 5.22. The predicted molar refractivity (Wildman–Crippen MR) is 51.6 cm³/mol. The molecule has 2 heteroatoms. The van der Waals surface area contributed by atoms with Crippen LogP contribution in [0, 0.1) is 12.3 Å². The zero-order valence-corrected chi connectivity index (χ0v) is 9.35. The summed E-state index contributed by atoms with van der Waals surface area (Å²) >= 11 is 0. The normalized spacial score (nSPS) is 21.9. The number of hydrogen-bond acceptors (Lipinski definition) is 1. The summed E-state index contributed by atoms with van der Waals surface area (Å²) in [6.45, 7) is 0.278. The van der Waals surface area contributed by atoms with E-state index in [0.717, 1.165) is 6.42 Å². The molecule has 0 bridgehead atoms. The average molecular weight is 224 g/mol. The van der Waals surface area contributed by atoms with E-state index in [1.54, 1.807) is 0 Å². The van der Waals surface area contributed by atoms with Crippen molar-refractivity contribution in [2.45, 2.75) is 51.4 Å². The van der Waals surface area contributed by atoms with Gasteiger partial charge in [-0.25, -0.2) is 0 Å². The van der Waals surface area contributed by atoms with E-state index in [9.17, 15) is 0 Å². The molecule has 0 aliphatic heterocycles. The second-order valence-electron chi connectivity index (χ2n) is 3.68. The maximum Gasteiger partial charge on any atom is 0.0496 e. The Morgan fingerprint density at radius 1 is 1.00 bits per heavy atom. The predicted octanol–water partition coefficient (Wildman–Crippen LogP) is 2.89. The van der Waals surface area contributed by atoms with Crippen molar-refractivity contribution in [1.82, 2.24) is 0 Å². The van der Waals surface area contributed by atoms with Crippen LogP contribution in [-0.4, -0.2) is 11.7 Å². The molecule has 0 unspecified atom stereocenters. The molecule has 2 rings (SSSR count). The molecule has 0 atom stereocenters. The quantitative estimate of drug-likeness (QED) is 0.679. The smallest absolute Gasteiger partial charge is 0.0496 e. The van der Waals surface area contributed by atoms with Gasteiger partial charge in [-0.05, 0) is 19.3 Å². The van der Waals surface area contributed by atoms with Gasteiger partial charge in [0.15, 0.2) is 0 Å². The SMILES string of the molecule is C1CCCC1.OC[C]1[CH]CCC1.[Fe]. The minimum absolute atomic E-state index is 0. The topological polar surface area (TPSA) is 20.2 Å². The van der Waals surface area contributed by atoms with Crippen LogP contribution in [0.2, 0.25) is 0 Å². The maximum absolute atomic E-state index is 8.50. The molecule has 0 amide bonds. The van der Waals surface area contributed by atoms with Crippen LogP contribution < -0.4 is 0 Å². The maximum atomic E-state index is 8.50. The van der Waals surface area contributed by atoms with Gasteiger partial charge >= 0.3 is 0 Å². The molecule has 2 fully saturated rings. The Kier molecular flexibility index (Phi) is 9.38. The van der Waals surface area contributed by atoms with E-state index in [4.69, 9.17) is 5.11 Å². The number of aliphatic hydroxyl groups is 1. The third kappa shape index (κ3) is 6.54. The van der Waals surface area contributed by atoms with Gasteiger partial charge in [0, 0.05) is 29.6 Å². The Balaban J connectivity index is 0.000000215. The third-order valence-corrected chi connectivity index (χ3v) is 2.59. The zero-order valence-electron chi connectivity index (χ0n) is 8.24. The molecule has 2 saturated carbocycles. The third-order valence-electron chi connectivity index (χ3n) is 2.59. The minimum atomic E-state index is 0. The van der Waals surface area contributed by atoms with Gasteiger partial charge in [-0.1, -0.05) is 38.5 Å². The van der Waals surface area contributed by atoms with Crippen molar-refractivity contribution in [2.75, 3.05) is 6.61 Å². The van der Waals surface area contributed by atoms with Crippen LogP contribution in [0.25, 0.3) is 0 Å². The molecule has 0 aromatic rings. The van der Waals surface area contributed by atoms with Crippen LogP contribution >= 0.6 is 0 Å². The molecule has 2 radical (unpaired) electrons. The Labute approximate surface area is 92.8 Å². The zero-order chi connectivity index (χ0) is 8.65. The van der Waals surface area contributed by atoms with E-state index in [0.29, 0.717) is 0 Å². The van der Waals surface area contributed by atoms with Crippen LogP contribution in [-0.2, 0) is 17.1 Å². The molecule has 0 aromatic heterocycles. The second-order valence-corrected chi connectivity index (χ2v) is 3.68. The molecule has 0 spiro atoms. The second kappa shape index (κ2) is 9.05. The van der Waals surface area contributed by atoms with Crippen molar-refractivity contribution in [3.63, 3.8) is 0 Å². The molecule has 0 saturated heterocycles. The summed E-state index contributed by atoms with van der Waals surface area (Å²) in [4.78, 5) is 0. The van der Waals surface area contributed by atoms with E-state index < -0.39 is 0 Å². The summed E-state index contributed by atoms with van der Waals surface area (Å²) in [6.07, 6.45) is 13.2. The Morgan fingerprint density at radius 2 is 1.54 bits per heavy atom. The monoisotopic (exact) mass is 224 g/mol. The van der Waals surface area contributed by atoms with Gasteiger partial charge in [0.2, 0.25) is 0 Å². The van der Waals surface area contributed by atoms with E-state index in [1.165, 1.54) is 50.9 Å². The summed E-state index contributed by atoms with van der Waals surface area (Å²) < 4.78 is 0. The minimum Gasteiger partial charge on any atom is -0.396 e. The molecule has 0 aromatic carbocycles. The number of hydrogen-bond donors (Lipinski definition) is 1. The molecular weight excluding hydrogens is 204 g/mol. The Hall–Kier alpha value is 0.479. The fourth-order valence-corrected chi connectivity index (χ4v) is 1.76. The van der Waals surface area contributed by atoms with E-state index in [1.807, 2.05) is 0 Å². The first-order chi connectivity index (χ1) is 5.93. The van der Waals surface area contributed by atoms with Crippen molar-refractivity contribution >= 4 is 0 Å². The molecule has 1 N–H and O–H groups in total. The molecular formula is C11H20FeO. The molecule has 2 aliphatic carbocycles. The number of rotatable bonds is 1. The summed E-state index contributed by atoms with van der Waals surface area (Å²) in [5.41, 5.74) is 0. The summed E-state index contributed by atoms with van der Waals surface area (Å²) in [6, 6.07) is 0. The van der Waals surface area contributed by atoms with Crippen molar-refractivity contribution < 1.29 is 22.2 Å². The molecule has 0 heterocycles. The van der Waals surface area contributed by atoms with Gasteiger partial charge in [-0.2, -0.15) is 0 Å². The Morgan fingerprint density at radius 3 is 1.77 bits per heavy atom. The van der Waals surface area contributed by atoms with Crippen LogP contribution in [0.3, 0.4) is 0 Å². The molecule has 78 valence electrons. The van der Waals surface area contributed by atoms with Gasteiger partial charge in [0.1, 0.15) is 0 Å².